The number of rotatable bonds is 5. The number of aromatic nitrogens is 2. The fourth-order valence-corrected chi connectivity index (χ4v) is 4.87. The fourth-order valence-electron chi connectivity index (χ4n) is 3.63. The van der Waals surface area contributed by atoms with Crippen LogP contribution in [-0.4, -0.2) is 26.8 Å². The summed E-state index contributed by atoms with van der Waals surface area (Å²) in [5.74, 6) is 0.653. The Hall–Kier alpha value is -2.57. The van der Waals surface area contributed by atoms with Crippen LogP contribution in [0.15, 0.2) is 71.9 Å². The van der Waals surface area contributed by atoms with Crippen molar-refractivity contribution in [2.45, 2.75) is 35.5 Å². The van der Waals surface area contributed by atoms with Crippen molar-refractivity contribution in [2.24, 2.45) is 5.73 Å². The van der Waals surface area contributed by atoms with Crippen LogP contribution in [0.2, 0.25) is 0 Å². The van der Waals surface area contributed by atoms with Crippen LogP contribution < -0.4 is 5.73 Å². The normalized spacial score (nSPS) is 22.1. The second-order valence-electron chi connectivity index (χ2n) is 7.02. The molecule has 1 saturated heterocycles. The maximum absolute atomic E-state index is 12.5. The molecule has 2 N–H and O–H groups in total. The Morgan fingerprint density at radius 1 is 1.21 bits per heavy atom. The molecule has 2 aromatic carbocycles. The Morgan fingerprint density at radius 2 is 1.96 bits per heavy atom. The Balaban J connectivity index is 1.56. The highest BCUT2D eigenvalue weighted by atomic mass is 32.2. The van der Waals surface area contributed by atoms with E-state index in [9.17, 15) is 4.79 Å². The molecule has 1 aliphatic heterocycles. The molecular formula is C22H23N3O2S. The van der Waals surface area contributed by atoms with Gasteiger partial charge in [-0.3, -0.25) is 4.79 Å². The van der Waals surface area contributed by atoms with E-state index in [1.165, 1.54) is 0 Å². The highest BCUT2D eigenvalue weighted by Crippen LogP contribution is 2.46. The molecule has 28 heavy (non-hydrogen) atoms. The molecule has 1 aromatic heterocycles. The van der Waals surface area contributed by atoms with Crippen molar-refractivity contribution in [1.29, 1.82) is 0 Å². The molecule has 0 spiro atoms. The monoisotopic (exact) mass is 393 g/mol. The van der Waals surface area contributed by atoms with Gasteiger partial charge in [-0.1, -0.05) is 30.3 Å². The molecule has 0 saturated carbocycles. The summed E-state index contributed by atoms with van der Waals surface area (Å²) >= 11 is 1.55. The number of nitrogens with zero attached hydrogens (tertiary/aromatic N) is 2. The lowest BCUT2D eigenvalue weighted by Crippen LogP contribution is -2.46. The molecule has 144 valence electrons. The van der Waals surface area contributed by atoms with Gasteiger partial charge >= 0.3 is 0 Å². The average molecular weight is 394 g/mol. The minimum atomic E-state index is -0.675. The van der Waals surface area contributed by atoms with Gasteiger partial charge in [0.05, 0.1) is 6.10 Å². The lowest BCUT2D eigenvalue weighted by Gasteiger charge is -2.38. The van der Waals surface area contributed by atoms with Crippen LogP contribution in [-0.2, 0) is 9.53 Å². The minimum Gasteiger partial charge on any atom is -0.373 e. The number of thioether (sulfide) groups is 1. The third-order valence-electron chi connectivity index (χ3n) is 5.21. The Labute approximate surface area is 168 Å². The topological polar surface area (TPSA) is 70.1 Å². The maximum Gasteiger partial charge on any atom is 0.234 e. The number of carbonyl (C=O) groups excluding carboxylic acids is 1. The second kappa shape index (κ2) is 7.81. The zero-order valence-corrected chi connectivity index (χ0v) is 16.6. The molecule has 2 atom stereocenters. The van der Waals surface area contributed by atoms with Gasteiger partial charge in [0.1, 0.15) is 10.6 Å². The number of hydrogen-bond acceptors (Lipinski definition) is 4. The van der Waals surface area contributed by atoms with Crippen molar-refractivity contribution >= 4 is 17.7 Å². The first kappa shape index (κ1) is 18.8. The first-order valence-electron chi connectivity index (χ1n) is 9.33. The maximum atomic E-state index is 12.5. The van der Waals surface area contributed by atoms with Gasteiger partial charge in [0.25, 0.3) is 0 Å². The summed E-state index contributed by atoms with van der Waals surface area (Å²) < 4.78 is 7.31. The number of primary amides is 1. The van der Waals surface area contributed by atoms with E-state index in [2.05, 4.69) is 4.98 Å². The molecule has 0 aliphatic carbocycles. The molecule has 1 fully saturated rings. The number of amides is 1. The van der Waals surface area contributed by atoms with Crippen LogP contribution in [0.3, 0.4) is 0 Å². The van der Waals surface area contributed by atoms with E-state index in [1.54, 1.807) is 18.0 Å². The predicted molar refractivity (Wildman–Crippen MR) is 110 cm³/mol. The quantitative estimate of drug-likeness (QED) is 0.710. The van der Waals surface area contributed by atoms with Crippen molar-refractivity contribution in [3.05, 3.63) is 78.4 Å². The lowest BCUT2D eigenvalue weighted by atomic mass is 9.90. The minimum absolute atomic E-state index is 0.122. The first-order chi connectivity index (χ1) is 13.6. The molecule has 0 radical (unpaired) electrons. The van der Waals surface area contributed by atoms with E-state index in [0.29, 0.717) is 19.4 Å². The molecule has 2 heterocycles. The van der Waals surface area contributed by atoms with Crippen LogP contribution in [0.1, 0.15) is 30.3 Å². The van der Waals surface area contributed by atoms with Crippen molar-refractivity contribution < 1.29 is 9.53 Å². The molecule has 5 nitrogen and oxygen atoms in total. The molecule has 3 aromatic rings. The summed E-state index contributed by atoms with van der Waals surface area (Å²) in [6.45, 7) is 2.48. The molecule has 0 bridgehead atoms. The van der Waals surface area contributed by atoms with Crippen LogP contribution >= 0.6 is 11.8 Å². The number of nitrogens with two attached hydrogens (primary N) is 1. The van der Waals surface area contributed by atoms with Gasteiger partial charge in [0.15, 0.2) is 0 Å². The Kier molecular flexibility index (Phi) is 5.24. The van der Waals surface area contributed by atoms with Gasteiger partial charge in [-0.05, 0) is 43.2 Å². The third kappa shape index (κ3) is 3.70. The number of imidazole rings is 1. The zero-order valence-electron chi connectivity index (χ0n) is 15.7. The van der Waals surface area contributed by atoms with Crippen molar-refractivity contribution in [3.63, 3.8) is 0 Å². The summed E-state index contributed by atoms with van der Waals surface area (Å²) in [4.78, 5) is 17.8. The summed E-state index contributed by atoms with van der Waals surface area (Å²) in [7, 11) is 0. The van der Waals surface area contributed by atoms with Crippen LogP contribution in [0.4, 0.5) is 0 Å². The summed E-state index contributed by atoms with van der Waals surface area (Å²) in [5, 5.41) is 0. The number of ether oxygens (including phenoxy) is 1. The summed E-state index contributed by atoms with van der Waals surface area (Å²) in [5.41, 5.74) is 8.02. The van der Waals surface area contributed by atoms with E-state index in [1.807, 2.05) is 72.3 Å². The Bertz CT molecular complexity index is 955. The smallest absolute Gasteiger partial charge is 0.234 e. The molecule has 2 unspecified atom stereocenters. The Morgan fingerprint density at radius 3 is 2.61 bits per heavy atom. The van der Waals surface area contributed by atoms with Crippen LogP contribution in [0.5, 0.6) is 0 Å². The highest BCUT2D eigenvalue weighted by molar-refractivity contribution is 8.01. The number of benzene rings is 2. The largest absolute Gasteiger partial charge is 0.373 e. The molecular weight excluding hydrogens is 370 g/mol. The highest BCUT2D eigenvalue weighted by Gasteiger charge is 2.43. The molecule has 6 heteroatoms. The second-order valence-corrected chi connectivity index (χ2v) is 8.48. The first-order valence-corrected chi connectivity index (χ1v) is 10.1. The third-order valence-corrected chi connectivity index (χ3v) is 6.68. The van der Waals surface area contributed by atoms with Gasteiger partial charge in [-0.15, -0.1) is 11.8 Å². The van der Waals surface area contributed by atoms with E-state index >= 15 is 0 Å². The predicted octanol–water partition coefficient (Wildman–Crippen LogP) is 4.05. The van der Waals surface area contributed by atoms with Crippen LogP contribution in [0.25, 0.3) is 5.69 Å². The number of hydrogen-bond donors (Lipinski definition) is 1. The fraction of sp³-hybridized carbons (Fsp3) is 0.273. The number of carbonyl (C=O) groups is 1. The molecule has 1 aliphatic rings. The van der Waals surface area contributed by atoms with Crippen molar-refractivity contribution in [3.8, 4) is 5.69 Å². The van der Waals surface area contributed by atoms with Gasteiger partial charge in [0, 0.05) is 36.0 Å². The van der Waals surface area contributed by atoms with Gasteiger partial charge in [-0.2, -0.15) is 0 Å². The van der Waals surface area contributed by atoms with E-state index < -0.39 is 4.75 Å². The summed E-state index contributed by atoms with van der Waals surface area (Å²) in [6.07, 6.45) is 4.78. The lowest BCUT2D eigenvalue weighted by molar-refractivity contribution is -0.124. The standard InChI is InChI=1S/C22H23N3O2S/c1-16-24-12-13-25(16)18-7-9-19(10-8-18)28-22(21(23)26)11-14-27-20(15-22)17-5-3-2-4-6-17/h2-10,12-13,20H,11,14-15H2,1H3,(H2,23,26). The van der Waals surface area contributed by atoms with Gasteiger partial charge in [-0.25, -0.2) is 4.98 Å². The van der Waals surface area contributed by atoms with E-state index in [0.717, 1.165) is 22.0 Å². The molecule has 4 rings (SSSR count). The van der Waals surface area contributed by atoms with E-state index in [4.69, 9.17) is 10.5 Å². The average Bonchev–Trinajstić information content (AvgIpc) is 3.15. The molecule has 1 amide bonds. The number of aryl methyl sites for hydroxylation is 1. The SMILES string of the molecule is Cc1nccn1-c1ccc(SC2(C(N)=O)CCOC(c3ccccc3)C2)cc1. The summed E-state index contributed by atoms with van der Waals surface area (Å²) in [6, 6.07) is 18.2. The van der Waals surface area contributed by atoms with Crippen molar-refractivity contribution in [2.75, 3.05) is 6.61 Å². The zero-order chi connectivity index (χ0) is 19.6. The van der Waals surface area contributed by atoms with E-state index in [-0.39, 0.29) is 12.0 Å². The van der Waals surface area contributed by atoms with Crippen LogP contribution in [0, 0.1) is 6.92 Å². The van der Waals surface area contributed by atoms with Gasteiger partial charge in [0.2, 0.25) is 5.91 Å². The van der Waals surface area contributed by atoms with Gasteiger partial charge < -0.3 is 15.0 Å². The van der Waals surface area contributed by atoms with Crippen molar-refractivity contribution in [1.82, 2.24) is 9.55 Å².